The Labute approximate surface area is 232 Å². The number of sulfonamides is 1. The minimum atomic E-state index is -3.85. The average molecular weight is 576 g/mol. The van der Waals surface area contributed by atoms with E-state index in [-0.39, 0.29) is 24.5 Å². The number of hydrogen-bond donors (Lipinski definition) is 2. The summed E-state index contributed by atoms with van der Waals surface area (Å²) in [4.78, 5) is 31.3. The number of aromatic nitrogens is 1. The number of hydrogen-bond acceptors (Lipinski definition) is 8. The molecule has 196 valence electrons. The average Bonchev–Trinajstić information content (AvgIpc) is 3.45. The van der Waals surface area contributed by atoms with Crippen molar-refractivity contribution < 1.29 is 23.1 Å². The molecule has 1 aliphatic rings. The van der Waals surface area contributed by atoms with E-state index in [1.807, 2.05) is 24.3 Å². The van der Waals surface area contributed by atoms with Crippen LogP contribution in [0.3, 0.4) is 0 Å². The molecule has 1 aliphatic heterocycles. The lowest BCUT2D eigenvalue weighted by atomic mass is 10.1. The van der Waals surface area contributed by atoms with E-state index in [0.717, 1.165) is 19.5 Å². The van der Waals surface area contributed by atoms with Crippen molar-refractivity contribution in [3.05, 3.63) is 90.0 Å². The third kappa shape index (κ3) is 4.84. The molecular formula is C28H21N3O5S3. The maximum Gasteiger partial charge on any atom is 0.261 e. The zero-order valence-corrected chi connectivity index (χ0v) is 22.8. The molecule has 0 aliphatic carbocycles. The number of carbonyl (C=O) groups is 2. The second-order valence-electron chi connectivity index (χ2n) is 8.95. The highest BCUT2D eigenvalue weighted by molar-refractivity contribution is 8.01. The summed E-state index contributed by atoms with van der Waals surface area (Å²) in [5.41, 5.74) is 1.84. The van der Waals surface area contributed by atoms with Gasteiger partial charge in [0.1, 0.15) is 5.75 Å². The van der Waals surface area contributed by atoms with Gasteiger partial charge in [-0.1, -0.05) is 60.3 Å². The molecule has 1 aromatic heterocycles. The van der Waals surface area contributed by atoms with Gasteiger partial charge in [0.25, 0.3) is 11.8 Å². The Bertz CT molecular complexity index is 1820. The third-order valence-electron chi connectivity index (χ3n) is 6.39. The topological polar surface area (TPSA) is 117 Å². The molecule has 2 heterocycles. The summed E-state index contributed by atoms with van der Waals surface area (Å²) in [6, 6.07) is 22.9. The van der Waals surface area contributed by atoms with Crippen LogP contribution in [0.25, 0.3) is 21.0 Å². The summed E-state index contributed by atoms with van der Waals surface area (Å²) >= 11 is 2.75. The summed E-state index contributed by atoms with van der Waals surface area (Å²) in [5, 5.41) is 12.1. The number of para-hydroxylation sites is 1. The molecule has 0 atom stereocenters. The molecule has 0 radical (unpaired) electrons. The van der Waals surface area contributed by atoms with Crippen LogP contribution >= 0.6 is 23.1 Å². The van der Waals surface area contributed by atoms with E-state index in [0.29, 0.717) is 32.5 Å². The van der Waals surface area contributed by atoms with Crippen LogP contribution in [0.2, 0.25) is 0 Å². The van der Waals surface area contributed by atoms with Crippen molar-refractivity contribution in [2.45, 2.75) is 15.7 Å². The summed E-state index contributed by atoms with van der Waals surface area (Å²) in [7, 11) is -3.85. The summed E-state index contributed by atoms with van der Waals surface area (Å²) in [5.74, 6) is -1.08. The van der Waals surface area contributed by atoms with Crippen LogP contribution in [-0.4, -0.2) is 47.5 Å². The molecule has 0 bridgehead atoms. The normalized spacial score (nSPS) is 13.4. The van der Waals surface area contributed by atoms with Gasteiger partial charge in [-0.2, -0.15) is 0 Å². The largest absolute Gasteiger partial charge is 0.506 e. The van der Waals surface area contributed by atoms with Gasteiger partial charge in [0.2, 0.25) is 10.0 Å². The number of phenolic OH excluding ortho intramolecular Hbond substituents is 1. The van der Waals surface area contributed by atoms with Gasteiger partial charge < -0.3 is 5.11 Å². The van der Waals surface area contributed by atoms with Crippen molar-refractivity contribution in [3.8, 4) is 5.75 Å². The van der Waals surface area contributed by atoms with Gasteiger partial charge in [-0.25, -0.2) is 13.4 Å². The smallest absolute Gasteiger partial charge is 0.261 e. The predicted octanol–water partition coefficient (Wildman–Crippen LogP) is 5.73. The number of phenols is 1. The minimum Gasteiger partial charge on any atom is -0.506 e. The van der Waals surface area contributed by atoms with Crippen molar-refractivity contribution in [3.63, 3.8) is 0 Å². The number of carbonyl (C=O) groups excluding carboxylic acids is 2. The van der Waals surface area contributed by atoms with Gasteiger partial charge in [-0.15, -0.1) is 11.3 Å². The van der Waals surface area contributed by atoms with Crippen LogP contribution in [0.1, 0.15) is 27.1 Å². The predicted molar refractivity (Wildman–Crippen MR) is 153 cm³/mol. The molecular weight excluding hydrogens is 555 g/mol. The van der Waals surface area contributed by atoms with E-state index in [4.69, 9.17) is 0 Å². The molecule has 5 aromatic rings. The Morgan fingerprint density at radius 2 is 1.54 bits per heavy atom. The van der Waals surface area contributed by atoms with E-state index in [1.165, 1.54) is 23.1 Å². The second-order valence-corrected chi connectivity index (χ2v) is 13.1. The number of nitrogens with zero attached hydrogens (tertiary/aromatic N) is 2. The van der Waals surface area contributed by atoms with Crippen molar-refractivity contribution in [1.82, 2.24) is 9.88 Å². The summed E-state index contributed by atoms with van der Waals surface area (Å²) in [6.45, 7) is -0.0116. The number of fused-ring (bicyclic) bond motifs is 3. The summed E-state index contributed by atoms with van der Waals surface area (Å²) < 4.78 is 30.6. The van der Waals surface area contributed by atoms with Gasteiger partial charge in [-0.05, 0) is 36.8 Å². The van der Waals surface area contributed by atoms with Crippen molar-refractivity contribution in [1.29, 1.82) is 0 Å². The third-order valence-corrected chi connectivity index (χ3v) is 9.88. The van der Waals surface area contributed by atoms with Crippen LogP contribution in [0, 0.1) is 0 Å². The fourth-order valence-corrected chi connectivity index (χ4v) is 7.79. The fourth-order valence-electron chi connectivity index (χ4n) is 4.56. The van der Waals surface area contributed by atoms with Gasteiger partial charge >= 0.3 is 0 Å². The Morgan fingerprint density at radius 3 is 2.26 bits per heavy atom. The Balaban J connectivity index is 1.22. The Kier molecular flexibility index (Phi) is 6.49. The minimum absolute atomic E-state index is 0.0116. The first kappa shape index (κ1) is 25.4. The molecule has 0 spiro atoms. The van der Waals surface area contributed by atoms with Crippen molar-refractivity contribution in [2.75, 3.05) is 17.0 Å². The number of aromatic hydroxyl groups is 1. The number of anilines is 1. The molecule has 8 nitrogen and oxygen atoms in total. The monoisotopic (exact) mass is 575 g/mol. The van der Waals surface area contributed by atoms with E-state index in [2.05, 4.69) is 9.71 Å². The standard InChI is InChI=1S/C28H21N3O5S3/c32-25-18-9-2-1-8-17(18)22(16-24(25)38-28-29-21-12-5-6-13-23(21)37-28)30-39(35,36)15-7-14-31-26(33)19-10-3-4-11-20(19)27(31)34/h1-6,8-13,16,30,32H,7,14-15H2. The highest BCUT2D eigenvalue weighted by Gasteiger charge is 2.34. The van der Waals surface area contributed by atoms with Crippen LogP contribution in [0.5, 0.6) is 5.75 Å². The lowest BCUT2D eigenvalue weighted by Gasteiger charge is -2.16. The van der Waals surface area contributed by atoms with Gasteiger partial charge in [0, 0.05) is 17.3 Å². The van der Waals surface area contributed by atoms with E-state index in [9.17, 15) is 23.1 Å². The SMILES string of the molecule is O=C1c2ccccc2C(=O)N1CCCS(=O)(=O)Nc1cc(Sc2nc3ccccc3s2)c(O)c2ccccc12. The van der Waals surface area contributed by atoms with Crippen LogP contribution in [-0.2, 0) is 10.0 Å². The maximum absolute atomic E-state index is 13.1. The Hall–Kier alpha value is -3.93. The zero-order valence-electron chi connectivity index (χ0n) is 20.3. The van der Waals surface area contributed by atoms with Gasteiger partial charge in [0.05, 0.1) is 37.7 Å². The molecule has 6 rings (SSSR count). The number of benzene rings is 4. The first-order valence-corrected chi connectivity index (χ1v) is 15.3. The quantitative estimate of drug-likeness (QED) is 0.179. The first-order chi connectivity index (χ1) is 18.8. The first-order valence-electron chi connectivity index (χ1n) is 12.0. The molecule has 4 aromatic carbocycles. The van der Waals surface area contributed by atoms with Crippen LogP contribution in [0.15, 0.2) is 88.1 Å². The van der Waals surface area contributed by atoms with E-state index in [1.54, 1.807) is 54.6 Å². The highest BCUT2D eigenvalue weighted by atomic mass is 32.2. The lowest BCUT2D eigenvalue weighted by molar-refractivity contribution is 0.0654. The number of thiazole rings is 1. The number of imide groups is 1. The number of nitrogens with one attached hydrogen (secondary N) is 1. The van der Waals surface area contributed by atoms with Crippen molar-refractivity contribution >= 4 is 71.6 Å². The van der Waals surface area contributed by atoms with Gasteiger partial charge in [0.15, 0.2) is 4.34 Å². The van der Waals surface area contributed by atoms with E-state index >= 15 is 0 Å². The summed E-state index contributed by atoms with van der Waals surface area (Å²) in [6.07, 6.45) is 0.0735. The highest BCUT2D eigenvalue weighted by Crippen LogP contribution is 2.44. The second kappa shape index (κ2) is 9.99. The van der Waals surface area contributed by atoms with E-state index < -0.39 is 21.8 Å². The maximum atomic E-state index is 13.1. The Morgan fingerprint density at radius 1 is 0.897 bits per heavy atom. The fraction of sp³-hybridized carbons (Fsp3) is 0.107. The zero-order chi connectivity index (χ0) is 27.1. The molecule has 2 N–H and O–H groups in total. The molecule has 11 heteroatoms. The molecule has 0 fully saturated rings. The molecule has 0 saturated heterocycles. The van der Waals surface area contributed by atoms with Crippen LogP contribution in [0.4, 0.5) is 5.69 Å². The molecule has 0 unspecified atom stereocenters. The molecule has 2 amide bonds. The van der Waals surface area contributed by atoms with Gasteiger partial charge in [-0.3, -0.25) is 19.2 Å². The number of rotatable bonds is 8. The lowest BCUT2D eigenvalue weighted by Crippen LogP contribution is -2.32. The molecule has 0 saturated carbocycles. The molecule has 39 heavy (non-hydrogen) atoms. The number of amides is 2. The van der Waals surface area contributed by atoms with Crippen molar-refractivity contribution in [2.24, 2.45) is 0 Å². The van der Waals surface area contributed by atoms with Crippen LogP contribution < -0.4 is 4.72 Å².